The van der Waals surface area contributed by atoms with Gasteiger partial charge in [0.05, 0.1) is 6.61 Å². The number of anilines is 2. The summed E-state index contributed by atoms with van der Waals surface area (Å²) < 4.78 is 31.6. The predicted molar refractivity (Wildman–Crippen MR) is 70.0 cm³/mol. The van der Waals surface area contributed by atoms with Gasteiger partial charge in [0.25, 0.3) is 0 Å². The van der Waals surface area contributed by atoms with E-state index < -0.39 is 10.4 Å². The molecule has 0 heterocycles. The van der Waals surface area contributed by atoms with Gasteiger partial charge in [0.1, 0.15) is 0 Å². The predicted octanol–water partition coefficient (Wildman–Crippen LogP) is 0.435. The number of aliphatic hydroxyl groups excluding tert-OH is 1. The van der Waals surface area contributed by atoms with Gasteiger partial charge < -0.3 is 15.7 Å². The van der Waals surface area contributed by atoms with Crippen LogP contribution in [0.2, 0.25) is 0 Å². The topological polar surface area (TPSA) is 124 Å². The Bertz CT molecular complexity index is 441. The molecule has 0 saturated carbocycles. The summed E-state index contributed by atoms with van der Waals surface area (Å²) in [5, 5.41) is 8.83. The van der Waals surface area contributed by atoms with Gasteiger partial charge in [-0.25, -0.2) is 0 Å². The minimum atomic E-state index is -4.67. The Kier molecular flexibility index (Phi) is 7.29. The normalized spacial score (nSPS) is 10.4. The Morgan fingerprint density at radius 2 is 1.89 bits per heavy atom. The highest BCUT2D eigenvalue weighted by Gasteiger charge is 2.02. The Balaban J connectivity index is 0.000000494. The van der Waals surface area contributed by atoms with E-state index >= 15 is 0 Å². The van der Waals surface area contributed by atoms with Gasteiger partial charge in [-0.15, -0.1) is 0 Å². The summed E-state index contributed by atoms with van der Waals surface area (Å²) >= 11 is 0. The second-order valence-electron chi connectivity index (χ2n) is 3.35. The third-order valence-corrected chi connectivity index (χ3v) is 1.99. The molecule has 0 spiro atoms. The van der Waals surface area contributed by atoms with Gasteiger partial charge in [-0.1, -0.05) is 6.07 Å². The van der Waals surface area contributed by atoms with Crippen molar-refractivity contribution in [2.45, 2.75) is 6.92 Å². The van der Waals surface area contributed by atoms with Crippen molar-refractivity contribution >= 4 is 21.8 Å². The first-order chi connectivity index (χ1) is 8.27. The Hall–Kier alpha value is -1.35. The van der Waals surface area contributed by atoms with E-state index in [1.54, 1.807) is 0 Å². The fourth-order valence-corrected chi connectivity index (χ4v) is 1.31. The van der Waals surface area contributed by atoms with Crippen LogP contribution in [0.4, 0.5) is 11.4 Å². The zero-order valence-electron chi connectivity index (χ0n) is 10.0. The number of aliphatic hydroxyl groups is 1. The molecule has 0 fully saturated rings. The van der Waals surface area contributed by atoms with Crippen molar-refractivity contribution in [3.8, 4) is 0 Å². The zero-order valence-corrected chi connectivity index (χ0v) is 10.8. The Labute approximate surface area is 106 Å². The number of nitrogen functional groups attached to an aromatic ring is 1. The molecule has 0 aliphatic rings. The van der Waals surface area contributed by atoms with Gasteiger partial charge >= 0.3 is 10.4 Å². The lowest BCUT2D eigenvalue weighted by Crippen LogP contribution is -2.26. The van der Waals surface area contributed by atoms with Crippen molar-refractivity contribution in [3.05, 3.63) is 24.3 Å². The second kappa shape index (κ2) is 7.88. The average molecular weight is 278 g/mol. The third kappa shape index (κ3) is 8.76. The molecule has 0 radical (unpaired) electrons. The molecule has 104 valence electrons. The van der Waals surface area contributed by atoms with E-state index in [1.807, 2.05) is 24.3 Å². The molecule has 0 aliphatic carbocycles. The number of likely N-dealkylation sites (N-methyl/N-ethyl adjacent to an activating group) is 1. The second-order valence-corrected chi connectivity index (χ2v) is 4.24. The quantitative estimate of drug-likeness (QED) is 0.465. The molecule has 1 aromatic carbocycles. The fraction of sp³-hybridized carbons (Fsp3) is 0.400. The minimum absolute atomic E-state index is 0.169. The molecule has 0 atom stereocenters. The van der Waals surface area contributed by atoms with E-state index in [0.29, 0.717) is 6.54 Å². The van der Waals surface area contributed by atoms with Crippen LogP contribution in [0.15, 0.2) is 24.3 Å². The van der Waals surface area contributed by atoms with E-state index in [4.69, 9.17) is 28.4 Å². The van der Waals surface area contributed by atoms with Crippen molar-refractivity contribution in [2.75, 3.05) is 30.3 Å². The maximum Gasteiger partial charge on any atom is 0.394 e. The highest BCUT2D eigenvalue weighted by atomic mass is 32.3. The Morgan fingerprint density at radius 1 is 1.33 bits per heavy atom. The first-order valence-electron chi connectivity index (χ1n) is 5.19. The molecule has 0 amide bonds. The van der Waals surface area contributed by atoms with Gasteiger partial charge in [0.15, 0.2) is 0 Å². The van der Waals surface area contributed by atoms with Crippen LogP contribution in [-0.2, 0) is 10.4 Å². The summed E-state index contributed by atoms with van der Waals surface area (Å²) in [4.78, 5) is 2.08. The first kappa shape index (κ1) is 16.6. The van der Waals surface area contributed by atoms with Crippen molar-refractivity contribution in [3.63, 3.8) is 0 Å². The lowest BCUT2D eigenvalue weighted by molar-refractivity contribution is 0.302. The first-order valence-corrected chi connectivity index (χ1v) is 6.58. The van der Waals surface area contributed by atoms with Crippen molar-refractivity contribution < 1.29 is 22.6 Å². The minimum Gasteiger partial charge on any atom is -0.399 e. The molecule has 5 N–H and O–H groups in total. The van der Waals surface area contributed by atoms with Crippen LogP contribution in [-0.4, -0.2) is 42.3 Å². The van der Waals surface area contributed by atoms with Gasteiger partial charge in [0.2, 0.25) is 0 Å². The molecule has 0 aromatic heterocycles. The number of nitrogens with zero attached hydrogens (tertiary/aromatic N) is 1. The van der Waals surface area contributed by atoms with Crippen molar-refractivity contribution in [1.29, 1.82) is 0 Å². The molecule has 1 rings (SSSR count). The van der Waals surface area contributed by atoms with Gasteiger partial charge in [-0.05, 0) is 25.1 Å². The highest BCUT2D eigenvalue weighted by Crippen LogP contribution is 2.16. The molecule has 0 aliphatic heterocycles. The summed E-state index contributed by atoms with van der Waals surface area (Å²) in [7, 11) is -4.67. The summed E-state index contributed by atoms with van der Waals surface area (Å²) in [6.07, 6.45) is 0. The van der Waals surface area contributed by atoms with Crippen LogP contribution in [0.1, 0.15) is 6.92 Å². The Morgan fingerprint density at radius 3 is 2.28 bits per heavy atom. The van der Waals surface area contributed by atoms with Gasteiger partial charge in [0, 0.05) is 24.5 Å². The monoisotopic (exact) mass is 278 g/mol. The summed E-state index contributed by atoms with van der Waals surface area (Å²) in [5.41, 5.74) is 7.48. The highest BCUT2D eigenvalue weighted by molar-refractivity contribution is 7.79. The molecule has 1 aromatic rings. The molecule has 7 nitrogen and oxygen atoms in total. The summed E-state index contributed by atoms with van der Waals surface area (Å²) in [5.74, 6) is 0. The van der Waals surface area contributed by atoms with Gasteiger partial charge in [-0.3, -0.25) is 9.11 Å². The number of benzene rings is 1. The molecule has 18 heavy (non-hydrogen) atoms. The van der Waals surface area contributed by atoms with E-state index in [-0.39, 0.29) is 6.61 Å². The smallest absolute Gasteiger partial charge is 0.394 e. The summed E-state index contributed by atoms with van der Waals surface area (Å²) in [6, 6.07) is 7.69. The molecular weight excluding hydrogens is 260 g/mol. The van der Waals surface area contributed by atoms with Crippen molar-refractivity contribution in [1.82, 2.24) is 0 Å². The number of nitrogens with two attached hydrogens (primary N) is 1. The van der Waals surface area contributed by atoms with E-state index in [0.717, 1.165) is 17.9 Å². The fourth-order valence-electron chi connectivity index (χ4n) is 1.31. The summed E-state index contributed by atoms with van der Waals surface area (Å²) in [6.45, 7) is 3.76. The van der Waals surface area contributed by atoms with E-state index in [9.17, 15) is 0 Å². The number of rotatable bonds is 4. The van der Waals surface area contributed by atoms with Crippen LogP contribution in [0.3, 0.4) is 0 Å². The maximum absolute atomic E-state index is 8.83. The lowest BCUT2D eigenvalue weighted by Gasteiger charge is -2.22. The van der Waals surface area contributed by atoms with Gasteiger partial charge in [-0.2, -0.15) is 8.42 Å². The zero-order chi connectivity index (χ0) is 14.2. The van der Waals surface area contributed by atoms with Crippen LogP contribution in [0.25, 0.3) is 0 Å². The van der Waals surface area contributed by atoms with E-state index in [1.165, 1.54) is 0 Å². The molecule has 0 saturated heterocycles. The number of hydrogen-bond donors (Lipinski definition) is 4. The molecular formula is C10H18N2O5S. The van der Waals surface area contributed by atoms with Crippen LogP contribution in [0.5, 0.6) is 0 Å². The van der Waals surface area contributed by atoms with Crippen molar-refractivity contribution in [2.24, 2.45) is 0 Å². The lowest BCUT2D eigenvalue weighted by atomic mass is 10.2. The standard InChI is InChI=1S/C10H16N2O.H2O4S/c1-2-12(6-7-13)10-5-3-4-9(11)8-10;1-5(2,3)4/h3-5,8,13H,2,6-7,11H2,1H3;(H2,1,2,3,4). The van der Waals surface area contributed by atoms with E-state index in [2.05, 4.69) is 11.8 Å². The molecule has 0 bridgehead atoms. The largest absolute Gasteiger partial charge is 0.399 e. The van der Waals surface area contributed by atoms with Crippen LogP contribution >= 0.6 is 0 Å². The SMILES string of the molecule is CCN(CCO)c1cccc(N)c1.O=S(=O)(O)O. The van der Waals surface area contributed by atoms with Crippen LogP contribution in [0, 0.1) is 0 Å². The third-order valence-electron chi connectivity index (χ3n) is 1.99. The number of hydrogen-bond acceptors (Lipinski definition) is 5. The maximum atomic E-state index is 8.83. The average Bonchev–Trinajstić information content (AvgIpc) is 2.23. The van der Waals surface area contributed by atoms with Crippen LogP contribution < -0.4 is 10.6 Å². The molecule has 0 unspecified atom stereocenters. The molecule has 8 heteroatoms.